The van der Waals surface area contributed by atoms with Gasteiger partial charge >= 0.3 is 0 Å². The fourth-order valence-corrected chi connectivity index (χ4v) is 1.54. The van der Waals surface area contributed by atoms with Gasteiger partial charge in [0.05, 0.1) is 6.04 Å². The first-order chi connectivity index (χ1) is 6.34. The molecule has 0 aliphatic carbocycles. The van der Waals surface area contributed by atoms with Crippen molar-refractivity contribution in [1.29, 1.82) is 0 Å². The normalized spacial score (nSPS) is 21.0. The van der Waals surface area contributed by atoms with Crippen molar-refractivity contribution in [3.63, 3.8) is 0 Å². The summed E-state index contributed by atoms with van der Waals surface area (Å²) in [5, 5.41) is 0. The predicted octanol–water partition coefficient (Wildman–Crippen LogP) is 2.05. The third-order valence-electron chi connectivity index (χ3n) is 2.16. The van der Waals surface area contributed by atoms with E-state index in [-0.39, 0.29) is 0 Å². The molecule has 13 heavy (non-hydrogen) atoms. The Balaban J connectivity index is 2.00. The number of hydrogen-bond donors (Lipinski definition) is 0. The molecule has 0 saturated carbocycles. The second-order valence-electron chi connectivity index (χ2n) is 3.30. The lowest BCUT2D eigenvalue weighted by Crippen LogP contribution is -2.09. The molecule has 0 amide bonds. The Morgan fingerprint density at radius 1 is 1.38 bits per heavy atom. The van der Waals surface area contributed by atoms with Crippen molar-refractivity contribution in [3.8, 4) is 0 Å². The number of benzene rings is 1. The summed E-state index contributed by atoms with van der Waals surface area (Å²) in [5.74, 6) is 0.820. The van der Waals surface area contributed by atoms with E-state index in [1.165, 1.54) is 5.56 Å². The number of hydrogen-bond acceptors (Lipinski definition) is 2. The first-order valence-electron chi connectivity index (χ1n) is 4.56. The number of aliphatic imine (C=N–C) groups is 1. The molecule has 0 spiro atoms. The lowest BCUT2D eigenvalue weighted by molar-refractivity contribution is 0.314. The Labute approximate surface area is 78.3 Å². The fourth-order valence-electron chi connectivity index (χ4n) is 1.54. The summed E-state index contributed by atoms with van der Waals surface area (Å²) in [6, 6.07) is 10.7. The summed E-state index contributed by atoms with van der Waals surface area (Å²) < 4.78 is 5.29. The molecule has 1 aromatic carbocycles. The Morgan fingerprint density at radius 2 is 2.15 bits per heavy atom. The predicted molar refractivity (Wildman–Crippen MR) is 53.0 cm³/mol. The van der Waals surface area contributed by atoms with Gasteiger partial charge in [-0.05, 0) is 12.0 Å². The molecule has 1 aromatic rings. The highest BCUT2D eigenvalue weighted by Gasteiger charge is 2.15. The van der Waals surface area contributed by atoms with Gasteiger partial charge in [-0.2, -0.15) is 0 Å². The summed E-state index contributed by atoms with van der Waals surface area (Å²) in [4.78, 5) is 4.38. The summed E-state index contributed by atoms with van der Waals surface area (Å²) in [6.45, 7) is 2.64. The van der Waals surface area contributed by atoms with Gasteiger partial charge in [0.25, 0.3) is 0 Å². The minimum absolute atomic E-state index is 0.322. The van der Waals surface area contributed by atoms with E-state index in [0.717, 1.165) is 18.9 Å². The minimum Gasteiger partial charge on any atom is -0.479 e. The lowest BCUT2D eigenvalue weighted by atomic mass is 10.1. The van der Waals surface area contributed by atoms with E-state index in [0.29, 0.717) is 6.04 Å². The van der Waals surface area contributed by atoms with Crippen LogP contribution in [0.25, 0.3) is 0 Å². The van der Waals surface area contributed by atoms with E-state index in [1.807, 2.05) is 13.0 Å². The van der Waals surface area contributed by atoms with Crippen LogP contribution in [0.5, 0.6) is 0 Å². The monoisotopic (exact) mass is 175 g/mol. The van der Waals surface area contributed by atoms with Crippen LogP contribution in [0.4, 0.5) is 0 Å². The highest BCUT2D eigenvalue weighted by molar-refractivity contribution is 5.74. The van der Waals surface area contributed by atoms with E-state index in [2.05, 4.69) is 29.3 Å². The van der Waals surface area contributed by atoms with Crippen LogP contribution in [0, 0.1) is 0 Å². The van der Waals surface area contributed by atoms with Crippen LogP contribution in [0.3, 0.4) is 0 Å². The molecular weight excluding hydrogens is 162 g/mol. The lowest BCUT2D eigenvalue weighted by Gasteiger charge is -2.03. The number of rotatable bonds is 2. The van der Waals surface area contributed by atoms with Crippen LogP contribution in [0.1, 0.15) is 12.5 Å². The second-order valence-corrected chi connectivity index (χ2v) is 3.30. The van der Waals surface area contributed by atoms with Crippen molar-refractivity contribution in [2.75, 3.05) is 6.61 Å². The summed E-state index contributed by atoms with van der Waals surface area (Å²) >= 11 is 0. The van der Waals surface area contributed by atoms with Gasteiger partial charge in [-0.15, -0.1) is 0 Å². The largest absolute Gasteiger partial charge is 0.479 e. The van der Waals surface area contributed by atoms with Crippen LogP contribution in [0.15, 0.2) is 35.3 Å². The standard InChI is InChI=1S/C11H13NO/c1-9-12-11(8-13-9)7-10-5-3-2-4-6-10/h2-6,11H,7-8H2,1H3/t11-/m1/s1. The first-order valence-corrected chi connectivity index (χ1v) is 4.56. The van der Waals surface area contributed by atoms with Crippen LogP contribution >= 0.6 is 0 Å². The molecule has 1 aliphatic rings. The second kappa shape index (κ2) is 3.60. The van der Waals surface area contributed by atoms with Gasteiger partial charge in [0, 0.05) is 6.92 Å². The van der Waals surface area contributed by atoms with Gasteiger partial charge in [0.1, 0.15) is 6.61 Å². The van der Waals surface area contributed by atoms with Crippen molar-refractivity contribution in [3.05, 3.63) is 35.9 Å². The first kappa shape index (κ1) is 8.30. The van der Waals surface area contributed by atoms with Crippen molar-refractivity contribution in [2.24, 2.45) is 4.99 Å². The molecule has 0 aromatic heterocycles. The van der Waals surface area contributed by atoms with Gasteiger partial charge in [-0.1, -0.05) is 30.3 Å². The van der Waals surface area contributed by atoms with Gasteiger partial charge < -0.3 is 4.74 Å². The maximum atomic E-state index is 5.29. The molecule has 0 N–H and O–H groups in total. The molecule has 0 radical (unpaired) electrons. The highest BCUT2D eigenvalue weighted by Crippen LogP contribution is 2.11. The fraction of sp³-hybridized carbons (Fsp3) is 0.364. The molecule has 68 valence electrons. The summed E-state index contributed by atoms with van der Waals surface area (Å²) in [6.07, 6.45) is 0.984. The van der Waals surface area contributed by atoms with Crippen LogP contribution in [-0.4, -0.2) is 18.5 Å². The third kappa shape index (κ3) is 2.08. The Kier molecular flexibility index (Phi) is 2.30. The molecule has 1 atom stereocenters. The number of nitrogens with zero attached hydrogens (tertiary/aromatic N) is 1. The zero-order chi connectivity index (χ0) is 9.10. The molecule has 0 saturated heterocycles. The van der Waals surface area contributed by atoms with Crippen molar-refractivity contribution in [2.45, 2.75) is 19.4 Å². The SMILES string of the molecule is CC1=N[C@H](Cc2ccccc2)CO1. The molecule has 0 unspecified atom stereocenters. The molecule has 0 bridgehead atoms. The maximum Gasteiger partial charge on any atom is 0.180 e. The molecule has 2 nitrogen and oxygen atoms in total. The van der Waals surface area contributed by atoms with Crippen LogP contribution in [-0.2, 0) is 11.2 Å². The third-order valence-corrected chi connectivity index (χ3v) is 2.16. The topological polar surface area (TPSA) is 21.6 Å². The zero-order valence-corrected chi connectivity index (χ0v) is 7.73. The molecule has 0 fully saturated rings. The Hall–Kier alpha value is -1.31. The molecular formula is C11H13NO. The van der Waals surface area contributed by atoms with E-state index in [1.54, 1.807) is 0 Å². The maximum absolute atomic E-state index is 5.29. The van der Waals surface area contributed by atoms with Gasteiger partial charge in [-0.25, -0.2) is 4.99 Å². The van der Waals surface area contributed by atoms with E-state index >= 15 is 0 Å². The Morgan fingerprint density at radius 3 is 2.77 bits per heavy atom. The molecule has 1 heterocycles. The van der Waals surface area contributed by atoms with Crippen LogP contribution < -0.4 is 0 Å². The number of ether oxygens (including phenoxy) is 1. The van der Waals surface area contributed by atoms with Gasteiger partial charge in [0.15, 0.2) is 5.90 Å². The average molecular weight is 175 g/mol. The smallest absolute Gasteiger partial charge is 0.180 e. The van der Waals surface area contributed by atoms with E-state index in [9.17, 15) is 0 Å². The van der Waals surface area contributed by atoms with Crippen molar-refractivity contribution >= 4 is 5.90 Å². The minimum atomic E-state index is 0.322. The van der Waals surface area contributed by atoms with E-state index < -0.39 is 0 Å². The van der Waals surface area contributed by atoms with Gasteiger partial charge in [-0.3, -0.25) is 0 Å². The zero-order valence-electron chi connectivity index (χ0n) is 7.73. The van der Waals surface area contributed by atoms with E-state index in [4.69, 9.17) is 4.74 Å². The van der Waals surface area contributed by atoms with Crippen molar-refractivity contribution in [1.82, 2.24) is 0 Å². The molecule has 2 rings (SSSR count). The van der Waals surface area contributed by atoms with Crippen molar-refractivity contribution < 1.29 is 4.74 Å². The summed E-state index contributed by atoms with van der Waals surface area (Å²) in [5.41, 5.74) is 1.33. The quantitative estimate of drug-likeness (QED) is 0.674. The highest BCUT2D eigenvalue weighted by atomic mass is 16.5. The molecule has 2 heteroatoms. The summed E-state index contributed by atoms with van der Waals surface area (Å²) in [7, 11) is 0. The van der Waals surface area contributed by atoms with Crippen LogP contribution in [0.2, 0.25) is 0 Å². The average Bonchev–Trinajstić information content (AvgIpc) is 2.53. The molecule has 1 aliphatic heterocycles. The van der Waals surface area contributed by atoms with Gasteiger partial charge in [0.2, 0.25) is 0 Å². The Bertz CT molecular complexity index is 305.